The topological polar surface area (TPSA) is 26.6 Å². The van der Waals surface area contributed by atoms with Crippen LogP contribution in [0.4, 0.5) is 0 Å². The third-order valence-corrected chi connectivity index (χ3v) is 10.3. The van der Waals surface area contributed by atoms with E-state index in [1.165, 1.54) is 55.9 Å². The van der Waals surface area contributed by atoms with Gasteiger partial charge in [0.2, 0.25) is 0 Å². The van der Waals surface area contributed by atoms with E-state index in [9.17, 15) is 0 Å². The largest absolute Gasteiger partial charge is 0.355 e. The molecule has 1 radical (unpaired) electrons. The summed E-state index contributed by atoms with van der Waals surface area (Å²) in [6, 6.07) is 52.4. The van der Waals surface area contributed by atoms with Gasteiger partial charge in [0.15, 0.2) is 5.82 Å². The Balaban J connectivity index is 0.000000187. The zero-order valence-electron chi connectivity index (χ0n) is 32.7. The summed E-state index contributed by atoms with van der Waals surface area (Å²) in [6.07, 6.45) is 12.0. The number of aryl methyl sites for hydroxylation is 4. The fourth-order valence-electron chi connectivity index (χ4n) is 7.52. The van der Waals surface area contributed by atoms with Crippen LogP contribution in [0, 0.1) is 13.1 Å². The van der Waals surface area contributed by atoms with Crippen LogP contribution in [-0.2, 0) is 45.8 Å². The number of rotatable bonds is 10. The van der Waals surface area contributed by atoms with Crippen LogP contribution in [0.1, 0.15) is 49.9 Å². The van der Waals surface area contributed by atoms with Gasteiger partial charge in [0, 0.05) is 44.3 Å². The van der Waals surface area contributed by atoms with E-state index in [1.54, 1.807) is 0 Å². The molecule has 0 aliphatic carbocycles. The van der Waals surface area contributed by atoms with E-state index in [1.807, 2.05) is 41.2 Å². The molecule has 0 fully saturated rings. The van der Waals surface area contributed by atoms with Crippen LogP contribution in [0.25, 0.3) is 56.4 Å². The van der Waals surface area contributed by atoms with Gasteiger partial charge in [0.05, 0.1) is 11.9 Å². The third kappa shape index (κ3) is 8.40. The second-order valence-corrected chi connectivity index (χ2v) is 13.7. The van der Waals surface area contributed by atoms with E-state index < -0.39 is 0 Å². The molecular formula is C51H49IrN4-. The first-order chi connectivity index (χ1) is 27.0. The van der Waals surface area contributed by atoms with Crippen molar-refractivity contribution in [2.45, 2.75) is 53.4 Å². The first-order valence-electron chi connectivity index (χ1n) is 19.5. The Labute approximate surface area is 346 Å². The quantitative estimate of drug-likeness (QED) is 0.0992. The van der Waals surface area contributed by atoms with Crippen LogP contribution in [0.3, 0.4) is 0 Å². The SMILES string of the molecule is CCc1cc(-c2ccccc2)cc(CC)c1-n1ccnc1-c1ccccc1.[CH2-][n+]1ccn(-c2c(CC)cc(-c3ccccc3)cc2CC)c1-c1[c-]cccc1.[Ir]. The summed E-state index contributed by atoms with van der Waals surface area (Å²) in [6.45, 7) is 8.91. The van der Waals surface area contributed by atoms with Crippen molar-refractivity contribution in [3.05, 3.63) is 200 Å². The van der Waals surface area contributed by atoms with Gasteiger partial charge in [-0.05, 0) is 102 Å². The number of nitrogens with zero attached hydrogens (tertiary/aromatic N) is 4. The van der Waals surface area contributed by atoms with Crippen molar-refractivity contribution < 1.29 is 24.7 Å². The molecule has 0 amide bonds. The molecule has 0 atom stereocenters. The van der Waals surface area contributed by atoms with Crippen LogP contribution in [0.15, 0.2) is 164 Å². The molecule has 0 saturated heterocycles. The third-order valence-electron chi connectivity index (χ3n) is 10.3. The van der Waals surface area contributed by atoms with Crippen LogP contribution < -0.4 is 4.57 Å². The van der Waals surface area contributed by atoms with E-state index in [4.69, 9.17) is 0 Å². The summed E-state index contributed by atoms with van der Waals surface area (Å²) in [5.41, 5.74) is 15.2. The van der Waals surface area contributed by atoms with Gasteiger partial charge in [-0.1, -0.05) is 124 Å². The van der Waals surface area contributed by atoms with Crippen molar-refractivity contribution in [1.29, 1.82) is 0 Å². The molecule has 6 aromatic carbocycles. The normalized spacial score (nSPS) is 10.7. The minimum absolute atomic E-state index is 0. The summed E-state index contributed by atoms with van der Waals surface area (Å²) < 4.78 is 6.45. The van der Waals surface area contributed by atoms with Gasteiger partial charge >= 0.3 is 0 Å². The molecule has 0 saturated carbocycles. The van der Waals surface area contributed by atoms with E-state index in [2.05, 4.69) is 183 Å². The van der Waals surface area contributed by atoms with Crippen molar-refractivity contribution in [2.75, 3.05) is 0 Å². The standard InChI is InChI=1S/C26H25N2.C25H24N2.Ir/c1-4-20-18-24(22-12-8-6-9-13-22)19-21(5-2)25(20)28-17-16-27(3)26(28)23-14-10-7-11-15-23;1-3-19-17-23(21-11-7-5-8-12-21)18-20(4-2)24(19)27-16-15-26-25(27)22-13-9-6-10-14-22;/h6-14,16-19H,3-5H2,1-2H3;5-18H,3-4H2,1-2H3;/q-1;;. The Bertz CT molecular complexity index is 2420. The minimum Gasteiger partial charge on any atom is -0.355 e. The Morgan fingerprint density at radius 3 is 1.43 bits per heavy atom. The molecule has 5 heteroatoms. The molecule has 0 unspecified atom stereocenters. The van der Waals surface area contributed by atoms with Gasteiger partial charge in [-0.3, -0.25) is 4.57 Å². The summed E-state index contributed by atoms with van der Waals surface area (Å²) in [4.78, 5) is 4.66. The predicted octanol–water partition coefficient (Wildman–Crippen LogP) is 12.0. The van der Waals surface area contributed by atoms with Gasteiger partial charge in [0.25, 0.3) is 0 Å². The van der Waals surface area contributed by atoms with Crippen LogP contribution in [-0.4, -0.2) is 14.1 Å². The van der Waals surface area contributed by atoms with Gasteiger partial charge in [0.1, 0.15) is 11.5 Å². The van der Waals surface area contributed by atoms with Gasteiger partial charge in [-0.2, -0.15) is 0 Å². The Morgan fingerprint density at radius 2 is 0.982 bits per heavy atom. The molecule has 0 spiro atoms. The van der Waals surface area contributed by atoms with Crippen molar-refractivity contribution >= 4 is 0 Å². The maximum atomic E-state index is 4.66. The molecule has 8 rings (SSSR count). The number of benzene rings is 6. The van der Waals surface area contributed by atoms with Crippen molar-refractivity contribution in [3.63, 3.8) is 0 Å². The Hall–Kier alpha value is -5.74. The number of aromatic nitrogens is 4. The molecule has 56 heavy (non-hydrogen) atoms. The van der Waals surface area contributed by atoms with Crippen molar-refractivity contribution in [2.24, 2.45) is 0 Å². The molecular weight excluding hydrogens is 861 g/mol. The maximum absolute atomic E-state index is 4.66. The average molecular weight is 910 g/mol. The van der Waals surface area contributed by atoms with Gasteiger partial charge < -0.3 is 4.57 Å². The first-order valence-corrected chi connectivity index (χ1v) is 19.5. The molecule has 8 aromatic rings. The predicted molar refractivity (Wildman–Crippen MR) is 228 cm³/mol. The molecule has 2 aromatic heterocycles. The molecule has 4 nitrogen and oxygen atoms in total. The van der Waals surface area contributed by atoms with Crippen molar-refractivity contribution in [3.8, 4) is 56.4 Å². The van der Waals surface area contributed by atoms with Crippen LogP contribution in [0.5, 0.6) is 0 Å². The molecule has 2 heterocycles. The second-order valence-electron chi connectivity index (χ2n) is 13.7. The summed E-state index contributed by atoms with van der Waals surface area (Å²) >= 11 is 0. The molecule has 0 aliphatic heterocycles. The van der Waals surface area contributed by atoms with E-state index in [0.29, 0.717) is 0 Å². The van der Waals surface area contributed by atoms with Crippen LogP contribution in [0.2, 0.25) is 0 Å². The maximum Gasteiger partial charge on any atom is 0.193 e. The van der Waals surface area contributed by atoms with Crippen molar-refractivity contribution in [1.82, 2.24) is 14.1 Å². The minimum atomic E-state index is 0. The van der Waals surface area contributed by atoms with E-state index in [0.717, 1.165) is 48.5 Å². The number of hydrogen-bond donors (Lipinski definition) is 0. The van der Waals surface area contributed by atoms with Crippen LogP contribution >= 0.6 is 0 Å². The number of hydrogen-bond acceptors (Lipinski definition) is 1. The fraction of sp³-hybridized carbons (Fsp3) is 0.157. The Morgan fingerprint density at radius 1 is 0.536 bits per heavy atom. The molecule has 0 bridgehead atoms. The molecule has 283 valence electrons. The van der Waals surface area contributed by atoms with E-state index >= 15 is 0 Å². The zero-order valence-corrected chi connectivity index (χ0v) is 35.1. The monoisotopic (exact) mass is 910 g/mol. The number of imidazole rings is 2. The fourth-order valence-corrected chi connectivity index (χ4v) is 7.52. The molecule has 0 N–H and O–H groups in total. The van der Waals surface area contributed by atoms with Gasteiger partial charge in [-0.15, -0.1) is 30.3 Å². The smallest absolute Gasteiger partial charge is 0.193 e. The Kier molecular flexibility index (Phi) is 13.4. The first kappa shape index (κ1) is 39.9. The summed E-state index contributed by atoms with van der Waals surface area (Å²) in [5.74, 6) is 2.03. The average Bonchev–Trinajstić information content (AvgIpc) is 3.90. The van der Waals surface area contributed by atoms with E-state index in [-0.39, 0.29) is 20.1 Å². The second kappa shape index (κ2) is 18.7. The van der Waals surface area contributed by atoms with Gasteiger partial charge in [-0.25, -0.2) is 9.55 Å². The summed E-state index contributed by atoms with van der Waals surface area (Å²) in [5, 5.41) is 0. The summed E-state index contributed by atoms with van der Waals surface area (Å²) in [7, 11) is 4.20. The molecule has 0 aliphatic rings. The zero-order chi connectivity index (χ0) is 38.1.